The van der Waals surface area contributed by atoms with E-state index < -0.39 is 11.2 Å². The van der Waals surface area contributed by atoms with Gasteiger partial charge in [-0.2, -0.15) is 0 Å². The van der Waals surface area contributed by atoms with Crippen molar-refractivity contribution in [2.24, 2.45) is 0 Å². The van der Waals surface area contributed by atoms with Crippen molar-refractivity contribution in [2.75, 3.05) is 0 Å². The first-order valence-corrected chi connectivity index (χ1v) is 11.2. The summed E-state index contributed by atoms with van der Waals surface area (Å²) >= 11 is 7.25. The summed E-state index contributed by atoms with van der Waals surface area (Å²) in [6, 6.07) is 30.5. The molecule has 0 saturated heterocycles. The minimum Gasteiger partial charge on any atom is -0.376 e. The van der Waals surface area contributed by atoms with Crippen molar-refractivity contribution in [3.05, 3.63) is 139 Å². The van der Waals surface area contributed by atoms with Gasteiger partial charge in [0.2, 0.25) is 0 Å². The van der Waals surface area contributed by atoms with E-state index in [1.54, 1.807) is 0 Å². The first kappa shape index (κ1) is 19.7. The van der Waals surface area contributed by atoms with Crippen LogP contribution >= 0.6 is 31.9 Å². The van der Waals surface area contributed by atoms with Crippen LogP contribution in [-0.2, 0) is 11.2 Å². The molecule has 0 atom stereocenters. The number of benzene rings is 4. The zero-order valence-corrected chi connectivity index (χ0v) is 19.1. The lowest BCUT2D eigenvalue weighted by molar-refractivity contribution is 0.0740. The quantitative estimate of drug-likeness (QED) is 0.335. The van der Waals surface area contributed by atoms with Gasteiger partial charge in [-0.1, -0.05) is 117 Å². The van der Waals surface area contributed by atoms with Crippen LogP contribution in [0.2, 0.25) is 0 Å². The highest BCUT2D eigenvalue weighted by molar-refractivity contribution is 9.10. The van der Waals surface area contributed by atoms with Gasteiger partial charge in [0.15, 0.2) is 0 Å². The number of fused-ring (bicyclic) bond motifs is 2. The van der Waals surface area contributed by atoms with E-state index in [1.165, 1.54) is 0 Å². The van der Waals surface area contributed by atoms with Crippen molar-refractivity contribution in [3.8, 4) is 0 Å². The van der Waals surface area contributed by atoms with Crippen LogP contribution in [0.4, 0.5) is 0 Å². The predicted octanol–water partition coefficient (Wildman–Crippen LogP) is 6.09. The van der Waals surface area contributed by atoms with E-state index in [9.17, 15) is 10.2 Å². The van der Waals surface area contributed by atoms with E-state index in [-0.39, 0.29) is 0 Å². The van der Waals surface area contributed by atoms with Gasteiger partial charge in [0.05, 0.1) is 0 Å². The molecular formula is C26H18Br2O2. The van der Waals surface area contributed by atoms with Crippen molar-refractivity contribution >= 4 is 31.9 Å². The molecule has 5 rings (SSSR count). The monoisotopic (exact) mass is 520 g/mol. The van der Waals surface area contributed by atoms with Crippen LogP contribution in [0.25, 0.3) is 0 Å². The highest BCUT2D eigenvalue weighted by Gasteiger charge is 2.51. The molecule has 0 saturated carbocycles. The highest BCUT2D eigenvalue weighted by atomic mass is 79.9. The maximum atomic E-state index is 12.3. The zero-order valence-electron chi connectivity index (χ0n) is 15.9. The molecule has 2 nitrogen and oxygen atoms in total. The molecule has 0 radical (unpaired) electrons. The lowest BCUT2D eigenvalue weighted by Crippen LogP contribution is -2.44. The Hall–Kier alpha value is -2.24. The molecule has 0 bridgehead atoms. The molecule has 0 heterocycles. The van der Waals surface area contributed by atoms with Crippen molar-refractivity contribution in [1.29, 1.82) is 0 Å². The molecule has 1 aliphatic rings. The summed E-state index contributed by atoms with van der Waals surface area (Å²) in [7, 11) is 0. The van der Waals surface area contributed by atoms with Gasteiger partial charge in [0.1, 0.15) is 11.2 Å². The van der Waals surface area contributed by atoms with Crippen LogP contribution in [0.1, 0.15) is 33.4 Å². The second-order valence-corrected chi connectivity index (χ2v) is 9.18. The zero-order chi connectivity index (χ0) is 20.9. The average Bonchev–Trinajstić information content (AvgIpc) is 2.78. The van der Waals surface area contributed by atoms with Crippen LogP contribution < -0.4 is 0 Å². The smallest absolute Gasteiger partial charge is 0.142 e. The fraction of sp³-hybridized carbons (Fsp3) is 0.0769. The molecule has 1 aliphatic carbocycles. The van der Waals surface area contributed by atoms with Gasteiger partial charge >= 0.3 is 0 Å². The Balaban J connectivity index is 1.94. The first-order valence-electron chi connectivity index (χ1n) is 9.63. The topological polar surface area (TPSA) is 40.5 Å². The minimum atomic E-state index is -1.42. The Morgan fingerprint density at radius 3 is 0.900 bits per heavy atom. The third kappa shape index (κ3) is 2.61. The highest BCUT2D eigenvalue weighted by Crippen LogP contribution is 2.54. The fourth-order valence-corrected chi connectivity index (χ4v) is 5.75. The van der Waals surface area contributed by atoms with Crippen molar-refractivity contribution in [1.82, 2.24) is 0 Å². The SMILES string of the molecule is OC1(c2ccccc2Br)c2ccccc2C(O)(c2ccccc2Br)c2ccccc21. The van der Waals surface area contributed by atoms with Crippen molar-refractivity contribution < 1.29 is 10.2 Å². The molecule has 148 valence electrons. The van der Waals surface area contributed by atoms with Gasteiger partial charge < -0.3 is 10.2 Å². The maximum Gasteiger partial charge on any atom is 0.142 e. The number of rotatable bonds is 2. The Bertz CT molecular complexity index is 1120. The summed E-state index contributed by atoms with van der Waals surface area (Å²) in [5, 5.41) is 24.6. The summed E-state index contributed by atoms with van der Waals surface area (Å²) in [6.45, 7) is 0. The van der Waals surface area contributed by atoms with Gasteiger partial charge in [-0.25, -0.2) is 0 Å². The molecule has 4 aromatic rings. The van der Waals surface area contributed by atoms with Crippen LogP contribution in [0, 0.1) is 0 Å². The number of halogens is 2. The Kier molecular flexibility index (Phi) is 4.71. The second kappa shape index (κ2) is 7.17. The lowest BCUT2D eigenvalue weighted by atomic mass is 9.63. The van der Waals surface area contributed by atoms with Crippen molar-refractivity contribution in [3.63, 3.8) is 0 Å². The van der Waals surface area contributed by atoms with E-state index >= 15 is 0 Å². The lowest BCUT2D eigenvalue weighted by Gasteiger charge is -2.45. The third-order valence-corrected chi connectivity index (χ3v) is 7.32. The van der Waals surface area contributed by atoms with E-state index in [0.717, 1.165) is 20.1 Å². The van der Waals surface area contributed by atoms with Crippen LogP contribution in [0.5, 0.6) is 0 Å². The molecule has 0 amide bonds. The van der Waals surface area contributed by atoms with Gasteiger partial charge in [-0.3, -0.25) is 0 Å². The molecule has 30 heavy (non-hydrogen) atoms. The standard InChI is InChI=1S/C26H18Br2O2/c27-23-15-7-5-13-21(23)25(29)17-9-1-2-10-18(17)26(30,20-12-4-3-11-19(20)25)22-14-6-8-16-24(22)28/h1-16,29-30H. The number of hydrogen-bond donors (Lipinski definition) is 2. The maximum absolute atomic E-state index is 12.3. The number of hydrogen-bond acceptors (Lipinski definition) is 2. The normalized spacial score (nSPS) is 22.3. The Labute approximate surface area is 192 Å². The molecular weight excluding hydrogens is 504 g/mol. The first-order chi connectivity index (χ1) is 14.5. The predicted molar refractivity (Wildman–Crippen MR) is 125 cm³/mol. The Morgan fingerprint density at radius 1 is 0.400 bits per heavy atom. The van der Waals surface area contributed by atoms with E-state index in [4.69, 9.17) is 0 Å². The van der Waals surface area contributed by atoms with E-state index in [1.807, 2.05) is 97.1 Å². The van der Waals surface area contributed by atoms with Crippen molar-refractivity contribution in [2.45, 2.75) is 11.2 Å². The van der Waals surface area contributed by atoms with Crippen LogP contribution in [0.15, 0.2) is 106 Å². The molecule has 4 aromatic carbocycles. The summed E-state index contributed by atoms with van der Waals surface area (Å²) < 4.78 is 1.62. The van der Waals surface area contributed by atoms with Crippen LogP contribution in [0.3, 0.4) is 0 Å². The fourth-order valence-electron chi connectivity index (χ4n) is 4.61. The van der Waals surface area contributed by atoms with Crippen LogP contribution in [-0.4, -0.2) is 10.2 Å². The number of aliphatic hydroxyl groups is 2. The molecule has 0 fully saturated rings. The molecule has 4 heteroatoms. The van der Waals surface area contributed by atoms with E-state index in [2.05, 4.69) is 31.9 Å². The molecule has 0 aliphatic heterocycles. The molecule has 0 spiro atoms. The Morgan fingerprint density at radius 2 is 0.633 bits per heavy atom. The van der Waals surface area contributed by atoms with Gasteiger partial charge in [0, 0.05) is 20.1 Å². The third-order valence-electron chi connectivity index (χ3n) is 5.94. The summed E-state index contributed by atoms with van der Waals surface area (Å²) in [6.07, 6.45) is 0. The summed E-state index contributed by atoms with van der Waals surface area (Å²) in [5.74, 6) is 0. The molecule has 0 unspecified atom stereocenters. The molecule has 0 aromatic heterocycles. The van der Waals surface area contributed by atoms with Gasteiger partial charge in [-0.05, 0) is 34.4 Å². The van der Waals surface area contributed by atoms with E-state index in [0.29, 0.717) is 22.3 Å². The summed E-state index contributed by atoms with van der Waals surface area (Å²) in [4.78, 5) is 0. The van der Waals surface area contributed by atoms with Gasteiger partial charge in [-0.15, -0.1) is 0 Å². The minimum absolute atomic E-state index is 0.661. The summed E-state index contributed by atoms with van der Waals surface area (Å²) in [5.41, 5.74) is 1.28. The average molecular weight is 522 g/mol. The largest absolute Gasteiger partial charge is 0.376 e. The second-order valence-electron chi connectivity index (χ2n) is 7.47. The molecule has 2 N–H and O–H groups in total. The van der Waals surface area contributed by atoms with Gasteiger partial charge in [0.25, 0.3) is 0 Å².